The van der Waals surface area contributed by atoms with Crippen molar-refractivity contribution in [2.24, 2.45) is 5.73 Å². The summed E-state index contributed by atoms with van der Waals surface area (Å²) in [7, 11) is 0. The van der Waals surface area contributed by atoms with E-state index in [-0.39, 0.29) is 5.91 Å². The van der Waals surface area contributed by atoms with E-state index in [0.29, 0.717) is 0 Å². The summed E-state index contributed by atoms with van der Waals surface area (Å²) in [4.78, 5) is 10.4. The summed E-state index contributed by atoms with van der Waals surface area (Å²) < 4.78 is 0. The summed E-state index contributed by atoms with van der Waals surface area (Å²) in [6.07, 6.45) is 17.8. The number of carbonyl (C=O) groups is 1. The minimum absolute atomic E-state index is 0.336. The molecule has 0 rings (SSSR count). The molecule has 0 saturated carbocycles. The molecule has 2 heteroatoms. The highest BCUT2D eigenvalue weighted by Gasteiger charge is 1.92. The van der Waals surface area contributed by atoms with Crippen molar-refractivity contribution in [3.63, 3.8) is 0 Å². The minimum atomic E-state index is -0.336. The van der Waals surface area contributed by atoms with Gasteiger partial charge in [-0.3, -0.25) is 4.79 Å². The van der Waals surface area contributed by atoms with Crippen molar-refractivity contribution in [1.29, 1.82) is 0 Å². The van der Waals surface area contributed by atoms with Gasteiger partial charge in [0.05, 0.1) is 0 Å². The first-order valence-corrected chi connectivity index (χ1v) is 7.23. The second kappa shape index (κ2) is 13.3. The Bertz CT molecular complexity index is 199. The lowest BCUT2D eigenvalue weighted by molar-refractivity contribution is -0.113. The molecule has 0 aromatic heterocycles. The average Bonchev–Trinajstić information content (AvgIpc) is 2.30. The van der Waals surface area contributed by atoms with E-state index in [0.717, 1.165) is 6.42 Å². The first-order chi connectivity index (χ1) is 8.27. The second-order valence-corrected chi connectivity index (χ2v) is 4.78. The van der Waals surface area contributed by atoms with Crippen molar-refractivity contribution in [2.75, 3.05) is 0 Å². The third-order valence-electron chi connectivity index (χ3n) is 3.01. The molecule has 2 N–H and O–H groups in total. The number of hydrogen-bond acceptors (Lipinski definition) is 1. The van der Waals surface area contributed by atoms with Gasteiger partial charge in [0.2, 0.25) is 5.91 Å². The summed E-state index contributed by atoms with van der Waals surface area (Å²) in [5.74, 6) is -0.336. The number of hydrogen-bond donors (Lipinski definition) is 1. The molecule has 0 saturated heterocycles. The molecule has 0 aromatic rings. The van der Waals surface area contributed by atoms with Crippen LogP contribution in [0.1, 0.15) is 77.6 Å². The Morgan fingerprint density at radius 1 is 0.882 bits per heavy atom. The average molecular weight is 239 g/mol. The number of carbonyl (C=O) groups excluding carboxylic acids is 1. The van der Waals surface area contributed by atoms with Crippen LogP contribution in [0.25, 0.3) is 0 Å². The SMILES string of the molecule is CCCCCCCCCCCC/C=C/C(N)=O. The first kappa shape index (κ1) is 16.2. The molecule has 0 fully saturated rings. The van der Waals surface area contributed by atoms with Crippen LogP contribution in [0.4, 0.5) is 0 Å². The van der Waals surface area contributed by atoms with Gasteiger partial charge in [-0.1, -0.05) is 70.8 Å². The third-order valence-corrected chi connectivity index (χ3v) is 3.01. The fourth-order valence-corrected chi connectivity index (χ4v) is 1.95. The molecular formula is C15H29NO. The molecule has 0 heterocycles. The van der Waals surface area contributed by atoms with Crippen molar-refractivity contribution in [3.05, 3.63) is 12.2 Å². The van der Waals surface area contributed by atoms with Crippen LogP contribution >= 0.6 is 0 Å². The number of rotatable bonds is 12. The Kier molecular flexibility index (Phi) is 12.7. The Morgan fingerprint density at radius 2 is 1.35 bits per heavy atom. The number of unbranched alkanes of at least 4 members (excludes halogenated alkanes) is 10. The number of allylic oxidation sites excluding steroid dienone is 1. The van der Waals surface area contributed by atoms with Gasteiger partial charge in [-0.15, -0.1) is 0 Å². The molecule has 2 nitrogen and oxygen atoms in total. The molecule has 0 aromatic carbocycles. The van der Waals surface area contributed by atoms with Gasteiger partial charge in [0, 0.05) is 0 Å². The quantitative estimate of drug-likeness (QED) is 0.399. The highest BCUT2D eigenvalue weighted by atomic mass is 16.1. The molecular weight excluding hydrogens is 210 g/mol. The van der Waals surface area contributed by atoms with Crippen LogP contribution in [-0.2, 0) is 4.79 Å². The van der Waals surface area contributed by atoms with Gasteiger partial charge in [-0.2, -0.15) is 0 Å². The lowest BCUT2D eigenvalue weighted by Gasteiger charge is -2.01. The molecule has 1 amide bonds. The van der Waals surface area contributed by atoms with Crippen LogP contribution < -0.4 is 5.73 Å². The van der Waals surface area contributed by atoms with E-state index < -0.39 is 0 Å². The lowest BCUT2D eigenvalue weighted by atomic mass is 10.1. The van der Waals surface area contributed by atoms with Crippen LogP contribution in [0.3, 0.4) is 0 Å². The van der Waals surface area contributed by atoms with Gasteiger partial charge in [-0.25, -0.2) is 0 Å². The van der Waals surface area contributed by atoms with Crippen LogP contribution in [0.5, 0.6) is 0 Å². The van der Waals surface area contributed by atoms with Crippen LogP contribution in [0.15, 0.2) is 12.2 Å². The summed E-state index contributed by atoms with van der Waals surface area (Å²) in [5, 5.41) is 0. The number of nitrogens with two attached hydrogens (primary N) is 1. The zero-order chi connectivity index (χ0) is 12.8. The summed E-state index contributed by atoms with van der Waals surface area (Å²) in [5.41, 5.74) is 5.00. The lowest BCUT2D eigenvalue weighted by Crippen LogP contribution is -2.05. The highest BCUT2D eigenvalue weighted by molar-refractivity contribution is 5.85. The number of amides is 1. The van der Waals surface area contributed by atoms with E-state index in [9.17, 15) is 4.79 Å². The topological polar surface area (TPSA) is 43.1 Å². The van der Waals surface area contributed by atoms with E-state index in [1.807, 2.05) is 6.08 Å². The van der Waals surface area contributed by atoms with Crippen LogP contribution in [0, 0.1) is 0 Å². The molecule has 0 atom stereocenters. The zero-order valence-corrected chi connectivity index (χ0v) is 11.4. The van der Waals surface area contributed by atoms with E-state index >= 15 is 0 Å². The Morgan fingerprint density at radius 3 is 1.82 bits per heavy atom. The van der Waals surface area contributed by atoms with Crippen molar-refractivity contribution in [2.45, 2.75) is 77.6 Å². The minimum Gasteiger partial charge on any atom is -0.366 e. The zero-order valence-electron chi connectivity index (χ0n) is 11.4. The van der Waals surface area contributed by atoms with E-state index in [2.05, 4.69) is 6.92 Å². The molecule has 100 valence electrons. The van der Waals surface area contributed by atoms with Crippen LogP contribution in [0.2, 0.25) is 0 Å². The first-order valence-electron chi connectivity index (χ1n) is 7.23. The van der Waals surface area contributed by atoms with Gasteiger partial charge in [-0.05, 0) is 18.9 Å². The maximum atomic E-state index is 10.4. The van der Waals surface area contributed by atoms with Crippen molar-refractivity contribution in [3.8, 4) is 0 Å². The van der Waals surface area contributed by atoms with Gasteiger partial charge in [0.1, 0.15) is 0 Å². The molecule has 0 bridgehead atoms. The van der Waals surface area contributed by atoms with E-state index in [4.69, 9.17) is 5.73 Å². The van der Waals surface area contributed by atoms with Crippen LogP contribution in [-0.4, -0.2) is 5.91 Å². The fourth-order valence-electron chi connectivity index (χ4n) is 1.95. The number of primary amides is 1. The standard InChI is InChI=1S/C15H29NO/c1-2-3-4-5-6-7-8-9-10-11-12-13-14-15(16)17/h13-14H,2-12H2,1H3,(H2,16,17)/b14-13+. The molecule has 0 unspecified atom stereocenters. The monoisotopic (exact) mass is 239 g/mol. The largest absolute Gasteiger partial charge is 0.366 e. The fraction of sp³-hybridized carbons (Fsp3) is 0.800. The van der Waals surface area contributed by atoms with Crippen molar-refractivity contribution in [1.82, 2.24) is 0 Å². The van der Waals surface area contributed by atoms with Gasteiger partial charge < -0.3 is 5.73 Å². The molecule has 0 radical (unpaired) electrons. The Hall–Kier alpha value is -0.790. The molecule has 0 aliphatic carbocycles. The molecule has 17 heavy (non-hydrogen) atoms. The van der Waals surface area contributed by atoms with E-state index in [1.54, 1.807) is 0 Å². The van der Waals surface area contributed by atoms with Gasteiger partial charge in [0.25, 0.3) is 0 Å². The smallest absolute Gasteiger partial charge is 0.241 e. The van der Waals surface area contributed by atoms with Crippen molar-refractivity contribution < 1.29 is 4.79 Å². The predicted octanol–water partition coefficient (Wildman–Crippen LogP) is 4.34. The maximum absolute atomic E-state index is 10.4. The van der Waals surface area contributed by atoms with Crippen molar-refractivity contribution >= 4 is 5.91 Å². The second-order valence-electron chi connectivity index (χ2n) is 4.78. The Labute approximate surface area is 107 Å². The summed E-state index contributed by atoms with van der Waals surface area (Å²) in [6, 6.07) is 0. The molecule has 0 spiro atoms. The summed E-state index contributed by atoms with van der Waals surface area (Å²) >= 11 is 0. The normalized spacial score (nSPS) is 11.1. The van der Waals surface area contributed by atoms with E-state index in [1.165, 1.54) is 70.3 Å². The highest BCUT2D eigenvalue weighted by Crippen LogP contribution is 2.11. The van der Waals surface area contributed by atoms with Gasteiger partial charge in [0.15, 0.2) is 0 Å². The predicted molar refractivity (Wildman–Crippen MR) is 74.8 cm³/mol. The maximum Gasteiger partial charge on any atom is 0.241 e. The molecule has 0 aliphatic heterocycles. The third kappa shape index (κ3) is 15.2. The Balaban J connectivity index is 3.01. The van der Waals surface area contributed by atoms with Gasteiger partial charge >= 0.3 is 0 Å². The summed E-state index contributed by atoms with van der Waals surface area (Å²) in [6.45, 7) is 2.26. The molecule has 0 aliphatic rings.